The van der Waals surface area contributed by atoms with Crippen LogP contribution in [-0.2, 0) is 6.54 Å². The molecule has 124 valence electrons. The fourth-order valence-corrected chi connectivity index (χ4v) is 3.28. The molecule has 4 aromatic rings. The van der Waals surface area contributed by atoms with Crippen LogP contribution < -0.4 is 0 Å². The van der Waals surface area contributed by atoms with E-state index in [9.17, 15) is 14.3 Å². The third kappa shape index (κ3) is 2.75. The van der Waals surface area contributed by atoms with Gasteiger partial charge in [0.25, 0.3) is 0 Å². The van der Waals surface area contributed by atoms with Crippen LogP contribution in [0.5, 0.6) is 0 Å². The van der Waals surface area contributed by atoms with Gasteiger partial charge in [-0.2, -0.15) is 0 Å². The van der Waals surface area contributed by atoms with Crippen molar-refractivity contribution in [3.05, 3.63) is 82.8 Å². The summed E-state index contributed by atoms with van der Waals surface area (Å²) in [6.45, 7) is 0.469. The Morgan fingerprint density at radius 1 is 1.08 bits per heavy atom. The summed E-state index contributed by atoms with van der Waals surface area (Å²) < 4.78 is 15.6. The van der Waals surface area contributed by atoms with Crippen LogP contribution >= 0.6 is 11.6 Å². The lowest BCUT2D eigenvalue weighted by Crippen LogP contribution is -1.99. The molecule has 0 atom stereocenters. The molecule has 1 heterocycles. The van der Waals surface area contributed by atoms with Crippen molar-refractivity contribution >= 4 is 39.2 Å². The second kappa shape index (κ2) is 5.90. The third-order valence-corrected chi connectivity index (χ3v) is 4.61. The highest BCUT2D eigenvalue weighted by Crippen LogP contribution is 2.28. The zero-order chi connectivity index (χ0) is 17.6. The minimum absolute atomic E-state index is 0.0256. The van der Waals surface area contributed by atoms with E-state index in [2.05, 4.69) is 6.07 Å². The molecule has 0 amide bonds. The number of rotatable bonds is 3. The molecule has 0 aliphatic heterocycles. The molecule has 0 fully saturated rings. The maximum absolute atomic E-state index is 13.8. The fourth-order valence-electron chi connectivity index (χ4n) is 3.12. The summed E-state index contributed by atoms with van der Waals surface area (Å²) in [4.78, 5) is 11.5. The highest BCUT2D eigenvalue weighted by Gasteiger charge is 2.17. The van der Waals surface area contributed by atoms with Gasteiger partial charge in [0.15, 0.2) is 0 Å². The first-order valence-electron chi connectivity index (χ1n) is 7.72. The number of hydrogen-bond acceptors (Lipinski definition) is 1. The molecule has 25 heavy (non-hydrogen) atoms. The lowest BCUT2D eigenvalue weighted by atomic mass is 10.1. The van der Waals surface area contributed by atoms with Crippen molar-refractivity contribution in [3.63, 3.8) is 0 Å². The van der Waals surface area contributed by atoms with Crippen molar-refractivity contribution < 1.29 is 14.3 Å². The average Bonchev–Trinajstić information content (AvgIpc) is 2.93. The molecular weight excluding hydrogens is 341 g/mol. The minimum atomic E-state index is -1.09. The Morgan fingerprint density at radius 3 is 2.60 bits per heavy atom. The Bertz CT molecular complexity index is 1130. The molecule has 3 aromatic carbocycles. The van der Waals surface area contributed by atoms with Crippen molar-refractivity contribution in [2.45, 2.75) is 6.54 Å². The van der Waals surface area contributed by atoms with Crippen LogP contribution in [0.15, 0.2) is 60.8 Å². The molecule has 3 nitrogen and oxygen atoms in total. The van der Waals surface area contributed by atoms with E-state index in [-0.39, 0.29) is 10.6 Å². The second-order valence-electron chi connectivity index (χ2n) is 5.94. The summed E-state index contributed by atoms with van der Waals surface area (Å²) in [6.07, 6.45) is 1.53. The van der Waals surface area contributed by atoms with Gasteiger partial charge in [0.05, 0.1) is 16.1 Å². The van der Waals surface area contributed by atoms with Gasteiger partial charge in [0, 0.05) is 18.1 Å². The molecular formula is C20H13ClFNO2. The summed E-state index contributed by atoms with van der Waals surface area (Å²) in [6, 6.07) is 16.8. The molecule has 1 N–H and O–H groups in total. The van der Waals surface area contributed by atoms with Gasteiger partial charge in [0.1, 0.15) is 5.82 Å². The standard InChI is InChI=1S/C20H13ClFNO2/c21-17-9-19-15(8-18(17)22)16(20(24)25)11-23(19)10-12-5-6-13-3-1-2-4-14(13)7-12/h1-9,11H,10H2,(H,24,25). The van der Waals surface area contributed by atoms with E-state index in [1.165, 1.54) is 18.3 Å². The number of halogens is 2. The molecule has 4 rings (SSSR count). The van der Waals surface area contributed by atoms with Gasteiger partial charge >= 0.3 is 5.97 Å². The number of aromatic carboxylic acids is 1. The Morgan fingerprint density at radius 2 is 1.84 bits per heavy atom. The van der Waals surface area contributed by atoms with Gasteiger partial charge in [-0.15, -0.1) is 0 Å². The first kappa shape index (κ1) is 15.7. The Balaban J connectivity index is 1.85. The largest absolute Gasteiger partial charge is 0.478 e. The highest BCUT2D eigenvalue weighted by molar-refractivity contribution is 6.31. The van der Waals surface area contributed by atoms with Gasteiger partial charge in [0.2, 0.25) is 0 Å². The molecule has 0 saturated carbocycles. The van der Waals surface area contributed by atoms with Crippen molar-refractivity contribution in [2.24, 2.45) is 0 Å². The number of hydrogen-bond donors (Lipinski definition) is 1. The number of benzene rings is 3. The van der Waals surface area contributed by atoms with Gasteiger partial charge in [-0.25, -0.2) is 9.18 Å². The number of aromatic nitrogens is 1. The first-order valence-corrected chi connectivity index (χ1v) is 8.09. The van der Waals surface area contributed by atoms with Gasteiger partial charge in [-0.3, -0.25) is 0 Å². The predicted molar refractivity (Wildman–Crippen MR) is 96.9 cm³/mol. The molecule has 0 aliphatic carbocycles. The quantitative estimate of drug-likeness (QED) is 0.540. The van der Waals surface area contributed by atoms with Crippen LogP contribution in [0.1, 0.15) is 15.9 Å². The SMILES string of the molecule is O=C(O)c1cn(Cc2ccc3ccccc3c2)c2cc(Cl)c(F)cc12. The lowest BCUT2D eigenvalue weighted by Gasteiger charge is -2.08. The number of nitrogens with zero attached hydrogens (tertiary/aromatic N) is 1. The van der Waals surface area contributed by atoms with E-state index in [1.807, 2.05) is 36.4 Å². The van der Waals surface area contributed by atoms with E-state index < -0.39 is 11.8 Å². The maximum Gasteiger partial charge on any atom is 0.337 e. The number of carbonyl (C=O) groups is 1. The zero-order valence-electron chi connectivity index (χ0n) is 13.0. The van der Waals surface area contributed by atoms with E-state index in [0.29, 0.717) is 17.4 Å². The van der Waals surface area contributed by atoms with Crippen LogP contribution in [0, 0.1) is 5.82 Å². The molecule has 0 saturated heterocycles. The van der Waals surface area contributed by atoms with Gasteiger partial charge in [-0.05, 0) is 34.5 Å². The molecule has 0 unspecified atom stereocenters. The first-order chi connectivity index (χ1) is 12.0. The van der Waals surface area contributed by atoms with Crippen LogP contribution in [0.3, 0.4) is 0 Å². The maximum atomic E-state index is 13.8. The topological polar surface area (TPSA) is 42.2 Å². The van der Waals surface area contributed by atoms with E-state index in [1.54, 1.807) is 4.57 Å². The van der Waals surface area contributed by atoms with Gasteiger partial charge < -0.3 is 9.67 Å². The lowest BCUT2D eigenvalue weighted by molar-refractivity contribution is 0.0699. The Hall–Kier alpha value is -2.85. The normalized spacial score (nSPS) is 11.3. The van der Waals surface area contributed by atoms with E-state index in [0.717, 1.165) is 16.3 Å². The predicted octanol–water partition coefficient (Wildman–Crippen LogP) is 5.33. The number of carboxylic acids is 1. The van der Waals surface area contributed by atoms with Crippen molar-refractivity contribution in [1.29, 1.82) is 0 Å². The van der Waals surface area contributed by atoms with E-state index in [4.69, 9.17) is 11.6 Å². The molecule has 0 bridgehead atoms. The van der Waals surface area contributed by atoms with Crippen molar-refractivity contribution in [1.82, 2.24) is 4.57 Å². The Labute approximate surface area is 147 Å². The van der Waals surface area contributed by atoms with E-state index >= 15 is 0 Å². The smallest absolute Gasteiger partial charge is 0.337 e. The molecule has 0 radical (unpaired) electrons. The molecule has 1 aromatic heterocycles. The minimum Gasteiger partial charge on any atom is -0.478 e. The van der Waals surface area contributed by atoms with Crippen molar-refractivity contribution in [3.8, 4) is 0 Å². The highest BCUT2D eigenvalue weighted by atomic mass is 35.5. The Kier molecular flexibility index (Phi) is 3.70. The second-order valence-corrected chi connectivity index (χ2v) is 6.35. The van der Waals surface area contributed by atoms with Crippen LogP contribution in [-0.4, -0.2) is 15.6 Å². The molecule has 0 aliphatic rings. The third-order valence-electron chi connectivity index (χ3n) is 4.32. The molecule has 5 heteroatoms. The summed E-state index contributed by atoms with van der Waals surface area (Å²) in [5.41, 5.74) is 1.68. The average molecular weight is 354 g/mol. The summed E-state index contributed by atoms with van der Waals surface area (Å²) in [5.74, 6) is -1.72. The van der Waals surface area contributed by atoms with Crippen molar-refractivity contribution in [2.75, 3.05) is 0 Å². The number of fused-ring (bicyclic) bond motifs is 2. The summed E-state index contributed by atoms with van der Waals surface area (Å²) in [5, 5.41) is 12.0. The summed E-state index contributed by atoms with van der Waals surface area (Å²) in [7, 11) is 0. The fraction of sp³-hybridized carbons (Fsp3) is 0.0500. The summed E-state index contributed by atoms with van der Waals surface area (Å²) >= 11 is 5.89. The zero-order valence-corrected chi connectivity index (χ0v) is 13.8. The molecule has 0 spiro atoms. The van der Waals surface area contributed by atoms with Gasteiger partial charge in [-0.1, -0.05) is 48.0 Å². The monoisotopic (exact) mass is 353 g/mol. The van der Waals surface area contributed by atoms with Crippen LogP contribution in [0.4, 0.5) is 4.39 Å². The van der Waals surface area contributed by atoms with Crippen LogP contribution in [0.25, 0.3) is 21.7 Å². The number of carboxylic acid groups (broad SMARTS) is 1. The van der Waals surface area contributed by atoms with Crippen LogP contribution in [0.2, 0.25) is 5.02 Å².